The molecule has 2 aromatic carbocycles. The number of nitrogens with one attached hydrogen (secondary N) is 1. The van der Waals surface area contributed by atoms with Crippen molar-refractivity contribution in [3.63, 3.8) is 0 Å². The number of hydrogen-bond acceptors (Lipinski definition) is 3. The number of benzene rings is 2. The van der Waals surface area contributed by atoms with Gasteiger partial charge in [0.25, 0.3) is 0 Å². The number of anilines is 1. The van der Waals surface area contributed by atoms with E-state index in [9.17, 15) is 5.11 Å². The molecule has 0 heterocycles. The van der Waals surface area contributed by atoms with Crippen LogP contribution in [0.15, 0.2) is 54.6 Å². The van der Waals surface area contributed by atoms with Crippen LogP contribution in [0.25, 0.3) is 0 Å². The Kier molecular flexibility index (Phi) is 4.76. The fourth-order valence-corrected chi connectivity index (χ4v) is 3.20. The lowest BCUT2D eigenvalue weighted by molar-refractivity contribution is 0.0953. The van der Waals surface area contributed by atoms with Crippen molar-refractivity contribution in [3.8, 4) is 0 Å². The molecule has 0 amide bonds. The van der Waals surface area contributed by atoms with Crippen LogP contribution in [0.5, 0.6) is 0 Å². The van der Waals surface area contributed by atoms with Gasteiger partial charge < -0.3 is 16.2 Å². The maximum atomic E-state index is 10.3. The molecule has 0 aliphatic heterocycles. The molecule has 0 unspecified atom stereocenters. The van der Waals surface area contributed by atoms with Gasteiger partial charge in [-0.15, -0.1) is 0 Å². The summed E-state index contributed by atoms with van der Waals surface area (Å²) in [7, 11) is 0. The third kappa shape index (κ3) is 3.49. The third-order valence-corrected chi connectivity index (χ3v) is 4.50. The molecule has 116 valence electrons. The van der Waals surface area contributed by atoms with E-state index in [1.807, 2.05) is 12.1 Å². The minimum Gasteiger partial charge on any atom is -0.389 e. The topological polar surface area (TPSA) is 58.3 Å². The average molecular weight is 296 g/mol. The molecule has 0 saturated heterocycles. The van der Waals surface area contributed by atoms with Gasteiger partial charge in [0.2, 0.25) is 0 Å². The van der Waals surface area contributed by atoms with Gasteiger partial charge in [-0.2, -0.15) is 0 Å². The monoisotopic (exact) mass is 296 g/mol. The fraction of sp³-hybridized carbons (Fsp3) is 0.368. The van der Waals surface area contributed by atoms with Crippen molar-refractivity contribution >= 4 is 5.69 Å². The number of aliphatic hydroxyl groups excluding tert-OH is 1. The van der Waals surface area contributed by atoms with Crippen molar-refractivity contribution < 1.29 is 5.11 Å². The van der Waals surface area contributed by atoms with Crippen molar-refractivity contribution in [1.29, 1.82) is 0 Å². The Hall–Kier alpha value is -1.84. The van der Waals surface area contributed by atoms with Gasteiger partial charge in [-0.3, -0.25) is 0 Å². The summed E-state index contributed by atoms with van der Waals surface area (Å²) < 4.78 is 0. The Morgan fingerprint density at radius 1 is 1.00 bits per heavy atom. The van der Waals surface area contributed by atoms with E-state index < -0.39 is 6.10 Å². The Balaban J connectivity index is 1.76. The summed E-state index contributed by atoms with van der Waals surface area (Å²) in [6, 6.07) is 18.7. The predicted molar refractivity (Wildman–Crippen MR) is 90.9 cm³/mol. The first-order chi connectivity index (χ1) is 10.7. The maximum absolute atomic E-state index is 10.3. The molecule has 1 aliphatic rings. The first-order valence-electron chi connectivity index (χ1n) is 8.06. The van der Waals surface area contributed by atoms with Crippen LogP contribution in [-0.4, -0.2) is 23.3 Å². The Morgan fingerprint density at radius 3 is 2.55 bits per heavy atom. The zero-order valence-electron chi connectivity index (χ0n) is 12.8. The summed E-state index contributed by atoms with van der Waals surface area (Å²) in [6.45, 7) is 0. The molecule has 0 radical (unpaired) electrons. The summed E-state index contributed by atoms with van der Waals surface area (Å²) in [5.74, 6) is 0. The number of para-hydroxylation sites is 1. The molecule has 3 heteroatoms. The van der Waals surface area contributed by atoms with Gasteiger partial charge >= 0.3 is 0 Å². The summed E-state index contributed by atoms with van der Waals surface area (Å²) in [6.07, 6.45) is 3.35. The zero-order chi connectivity index (χ0) is 15.4. The summed E-state index contributed by atoms with van der Waals surface area (Å²) in [5.41, 5.74) is 9.63. The SMILES string of the molecule is N[C@@H]1CCC[C@@H](Nc2ccccc2Cc2ccccc2)[C@@H]1O. The largest absolute Gasteiger partial charge is 0.389 e. The summed E-state index contributed by atoms with van der Waals surface area (Å²) in [5, 5.41) is 13.8. The van der Waals surface area contributed by atoms with Crippen molar-refractivity contribution in [1.82, 2.24) is 0 Å². The highest BCUT2D eigenvalue weighted by atomic mass is 16.3. The Morgan fingerprint density at radius 2 is 1.73 bits per heavy atom. The average Bonchev–Trinajstić information content (AvgIpc) is 2.55. The first-order valence-corrected chi connectivity index (χ1v) is 8.06. The molecule has 3 nitrogen and oxygen atoms in total. The first kappa shape index (κ1) is 15.1. The minimum absolute atomic E-state index is 0.0423. The van der Waals surface area contributed by atoms with Crippen molar-refractivity contribution in [2.45, 2.75) is 43.9 Å². The molecule has 0 bridgehead atoms. The quantitative estimate of drug-likeness (QED) is 0.813. The lowest BCUT2D eigenvalue weighted by Gasteiger charge is -2.34. The molecule has 1 fully saturated rings. The summed E-state index contributed by atoms with van der Waals surface area (Å²) in [4.78, 5) is 0. The van der Waals surface area contributed by atoms with Gasteiger partial charge in [0.15, 0.2) is 0 Å². The minimum atomic E-state index is -0.474. The predicted octanol–water partition coefficient (Wildman–Crippen LogP) is 2.93. The molecule has 22 heavy (non-hydrogen) atoms. The molecule has 3 rings (SSSR count). The summed E-state index contributed by atoms with van der Waals surface area (Å²) >= 11 is 0. The lowest BCUT2D eigenvalue weighted by Crippen LogP contribution is -2.49. The van der Waals surface area contributed by atoms with Gasteiger partial charge in [-0.05, 0) is 42.9 Å². The molecule has 3 atom stereocenters. The second-order valence-corrected chi connectivity index (χ2v) is 6.16. The van der Waals surface area contributed by atoms with Crippen LogP contribution in [0.4, 0.5) is 5.69 Å². The van der Waals surface area contributed by atoms with E-state index in [2.05, 4.69) is 47.8 Å². The van der Waals surface area contributed by atoms with E-state index in [-0.39, 0.29) is 12.1 Å². The van der Waals surface area contributed by atoms with Crippen LogP contribution in [-0.2, 0) is 6.42 Å². The standard InChI is InChI=1S/C19H24N2O/c20-16-10-6-12-18(19(16)22)21-17-11-5-4-9-15(17)13-14-7-2-1-3-8-14/h1-5,7-9,11,16,18-19,21-22H,6,10,12-13,20H2/t16-,18-,19-/m1/s1. The van der Waals surface area contributed by atoms with E-state index in [0.29, 0.717) is 0 Å². The highest BCUT2D eigenvalue weighted by Crippen LogP contribution is 2.25. The Bertz CT molecular complexity index is 599. The molecular weight excluding hydrogens is 272 g/mol. The molecule has 1 saturated carbocycles. The second kappa shape index (κ2) is 6.95. The van der Waals surface area contributed by atoms with Crippen LogP contribution < -0.4 is 11.1 Å². The van der Waals surface area contributed by atoms with Crippen molar-refractivity contribution in [3.05, 3.63) is 65.7 Å². The van der Waals surface area contributed by atoms with Gasteiger partial charge in [0.05, 0.1) is 12.1 Å². The Labute approximate surface area is 132 Å². The lowest BCUT2D eigenvalue weighted by atomic mass is 9.88. The molecular formula is C19H24N2O. The van der Waals surface area contributed by atoms with Crippen LogP contribution in [0.3, 0.4) is 0 Å². The zero-order valence-corrected chi connectivity index (χ0v) is 12.8. The number of nitrogens with two attached hydrogens (primary N) is 1. The van der Waals surface area contributed by atoms with Crippen LogP contribution in [0, 0.1) is 0 Å². The van der Waals surface area contributed by atoms with E-state index in [0.717, 1.165) is 31.4 Å². The molecule has 0 aromatic heterocycles. The van der Waals surface area contributed by atoms with Crippen LogP contribution >= 0.6 is 0 Å². The molecule has 4 N–H and O–H groups in total. The number of hydrogen-bond donors (Lipinski definition) is 3. The van der Waals surface area contributed by atoms with E-state index in [4.69, 9.17) is 5.73 Å². The van der Waals surface area contributed by atoms with E-state index in [1.165, 1.54) is 11.1 Å². The van der Waals surface area contributed by atoms with Gasteiger partial charge in [0.1, 0.15) is 0 Å². The van der Waals surface area contributed by atoms with E-state index in [1.54, 1.807) is 0 Å². The third-order valence-electron chi connectivity index (χ3n) is 4.50. The maximum Gasteiger partial charge on any atom is 0.0891 e. The van der Waals surface area contributed by atoms with Gasteiger partial charge in [-0.1, -0.05) is 48.5 Å². The number of aliphatic hydroxyl groups is 1. The van der Waals surface area contributed by atoms with Gasteiger partial charge in [-0.25, -0.2) is 0 Å². The second-order valence-electron chi connectivity index (χ2n) is 6.16. The molecule has 0 spiro atoms. The van der Waals surface area contributed by atoms with Crippen molar-refractivity contribution in [2.24, 2.45) is 5.73 Å². The highest BCUT2D eigenvalue weighted by molar-refractivity contribution is 5.53. The molecule has 2 aromatic rings. The van der Waals surface area contributed by atoms with E-state index >= 15 is 0 Å². The van der Waals surface area contributed by atoms with Gasteiger partial charge in [0, 0.05) is 11.7 Å². The molecule has 1 aliphatic carbocycles. The normalized spacial score (nSPS) is 24.9. The van der Waals surface area contributed by atoms with Crippen LogP contribution in [0.2, 0.25) is 0 Å². The van der Waals surface area contributed by atoms with Crippen molar-refractivity contribution in [2.75, 3.05) is 5.32 Å². The smallest absolute Gasteiger partial charge is 0.0891 e. The fourth-order valence-electron chi connectivity index (χ4n) is 3.20. The highest BCUT2D eigenvalue weighted by Gasteiger charge is 2.29. The number of rotatable bonds is 4. The van der Waals surface area contributed by atoms with Crippen LogP contribution in [0.1, 0.15) is 30.4 Å².